The number of hydrogen-bond acceptors (Lipinski definition) is 7. The van der Waals surface area contributed by atoms with E-state index in [0.29, 0.717) is 46.1 Å². The highest BCUT2D eigenvalue weighted by Gasteiger charge is 2.17. The molecule has 0 atom stereocenters. The van der Waals surface area contributed by atoms with Crippen LogP contribution in [0.2, 0.25) is 0 Å². The summed E-state index contributed by atoms with van der Waals surface area (Å²) in [5.74, 6) is 3.24. The van der Waals surface area contributed by atoms with Crippen molar-refractivity contribution in [2.45, 2.75) is 0 Å². The zero-order valence-electron chi connectivity index (χ0n) is 30.0. The summed E-state index contributed by atoms with van der Waals surface area (Å²) in [6.45, 7) is 0. The Morgan fingerprint density at radius 2 is 0.589 bits per heavy atom. The largest absolute Gasteiger partial charge is 0.208 e. The Labute approximate surface area is 324 Å². The maximum Gasteiger partial charge on any atom is 0.165 e. The first kappa shape index (κ1) is 33.9. The van der Waals surface area contributed by atoms with Crippen LogP contribution in [0.3, 0.4) is 0 Å². The van der Waals surface area contributed by atoms with Crippen molar-refractivity contribution in [1.29, 1.82) is 5.26 Å². The molecule has 2 heterocycles. The van der Waals surface area contributed by atoms with Gasteiger partial charge in [0, 0.05) is 33.4 Å². The molecule has 0 N–H and O–H groups in total. The third kappa shape index (κ3) is 7.06. The van der Waals surface area contributed by atoms with Crippen LogP contribution in [0.4, 0.5) is 0 Å². The fourth-order valence-corrected chi connectivity index (χ4v) is 6.59. The average Bonchev–Trinajstić information content (AvgIpc) is 3.29. The van der Waals surface area contributed by atoms with Gasteiger partial charge in [-0.2, -0.15) is 5.26 Å². The molecule has 262 valence electrons. The molecule has 0 spiro atoms. The van der Waals surface area contributed by atoms with Crippen LogP contribution in [-0.4, -0.2) is 29.9 Å². The summed E-state index contributed by atoms with van der Waals surface area (Å²) >= 11 is 0. The van der Waals surface area contributed by atoms with E-state index in [-0.39, 0.29) is 0 Å². The minimum atomic E-state index is 0.438. The van der Waals surface area contributed by atoms with Gasteiger partial charge in [-0.05, 0) is 46.5 Å². The van der Waals surface area contributed by atoms with Gasteiger partial charge in [0.1, 0.15) is 0 Å². The van der Waals surface area contributed by atoms with E-state index in [1.165, 1.54) is 0 Å². The van der Waals surface area contributed by atoms with Crippen molar-refractivity contribution in [3.63, 3.8) is 0 Å². The monoisotopic (exact) mass is 717 g/mol. The molecule has 0 aliphatic carbocycles. The Morgan fingerprint density at radius 3 is 1.07 bits per heavy atom. The smallest absolute Gasteiger partial charge is 0.165 e. The molecule has 0 fully saturated rings. The van der Waals surface area contributed by atoms with Crippen LogP contribution in [0, 0.1) is 11.3 Å². The number of rotatable bonds is 8. The number of aromatic nitrogens is 6. The standard InChI is InChI=1S/C49H31N7/c50-32-42-20-10-11-25-43(42)49-55-45(36-18-8-3-9-19-36)53-48(56-49)41-24-13-22-39(31-41)38-21-12-23-40(30-38)47-52-44(35-16-6-2-7-17-35)51-46(54-47)37-28-26-34(27-29-37)33-14-4-1-5-15-33/h1-31H. The quantitative estimate of drug-likeness (QED) is 0.154. The summed E-state index contributed by atoms with van der Waals surface area (Å²) in [5.41, 5.74) is 9.71. The van der Waals surface area contributed by atoms with Gasteiger partial charge in [-0.3, -0.25) is 0 Å². The molecule has 0 saturated carbocycles. The lowest BCUT2D eigenvalue weighted by Gasteiger charge is -2.11. The highest BCUT2D eigenvalue weighted by molar-refractivity contribution is 5.77. The first-order valence-electron chi connectivity index (χ1n) is 18.2. The van der Waals surface area contributed by atoms with Gasteiger partial charge in [0.25, 0.3) is 0 Å². The molecule has 0 amide bonds. The summed E-state index contributed by atoms with van der Waals surface area (Å²) in [5, 5.41) is 9.88. The van der Waals surface area contributed by atoms with Gasteiger partial charge in [0.05, 0.1) is 11.6 Å². The molecule has 7 nitrogen and oxygen atoms in total. The normalized spacial score (nSPS) is 10.8. The van der Waals surface area contributed by atoms with Crippen LogP contribution >= 0.6 is 0 Å². The Balaban J connectivity index is 1.11. The molecule has 9 aromatic rings. The van der Waals surface area contributed by atoms with Crippen LogP contribution in [0.15, 0.2) is 188 Å². The molecule has 0 unspecified atom stereocenters. The van der Waals surface area contributed by atoms with Crippen LogP contribution in [0.5, 0.6) is 0 Å². The molecular weight excluding hydrogens is 687 g/mol. The topological polar surface area (TPSA) is 101 Å². The maximum absolute atomic E-state index is 9.88. The second kappa shape index (κ2) is 15.2. The van der Waals surface area contributed by atoms with Gasteiger partial charge in [-0.15, -0.1) is 0 Å². The first-order chi connectivity index (χ1) is 27.7. The van der Waals surface area contributed by atoms with Crippen LogP contribution in [0.25, 0.3) is 90.6 Å². The van der Waals surface area contributed by atoms with Crippen molar-refractivity contribution in [3.05, 3.63) is 194 Å². The molecular formula is C49H31N7. The van der Waals surface area contributed by atoms with Crippen LogP contribution in [0.1, 0.15) is 5.56 Å². The van der Waals surface area contributed by atoms with Gasteiger partial charge < -0.3 is 0 Å². The molecule has 0 radical (unpaired) electrons. The summed E-state index contributed by atoms with van der Waals surface area (Å²) in [4.78, 5) is 29.6. The van der Waals surface area contributed by atoms with Gasteiger partial charge in [-0.1, -0.05) is 164 Å². The van der Waals surface area contributed by atoms with Gasteiger partial charge in [0.15, 0.2) is 34.9 Å². The third-order valence-electron chi connectivity index (χ3n) is 9.45. The Kier molecular flexibility index (Phi) is 9.18. The molecule has 9 rings (SSSR count). The molecule has 0 aliphatic rings. The molecule has 2 aromatic heterocycles. The van der Waals surface area contributed by atoms with E-state index in [1.54, 1.807) is 6.07 Å². The molecule has 0 aliphatic heterocycles. The minimum absolute atomic E-state index is 0.438. The summed E-state index contributed by atoms with van der Waals surface area (Å²) in [6.07, 6.45) is 0. The Morgan fingerprint density at radius 1 is 0.268 bits per heavy atom. The minimum Gasteiger partial charge on any atom is -0.208 e. The van der Waals surface area contributed by atoms with E-state index in [2.05, 4.69) is 66.7 Å². The molecule has 56 heavy (non-hydrogen) atoms. The second-order valence-electron chi connectivity index (χ2n) is 13.1. The van der Waals surface area contributed by atoms with Crippen LogP contribution in [-0.2, 0) is 0 Å². The molecule has 7 aromatic carbocycles. The lowest BCUT2D eigenvalue weighted by molar-refractivity contribution is 1.07. The Hall–Kier alpha value is -7.95. The number of benzene rings is 7. The van der Waals surface area contributed by atoms with Crippen molar-refractivity contribution >= 4 is 0 Å². The highest BCUT2D eigenvalue weighted by atomic mass is 15.0. The first-order valence-corrected chi connectivity index (χ1v) is 18.2. The summed E-state index contributed by atoms with van der Waals surface area (Å²) in [6, 6.07) is 64.4. The zero-order chi connectivity index (χ0) is 37.7. The zero-order valence-corrected chi connectivity index (χ0v) is 30.0. The fourth-order valence-electron chi connectivity index (χ4n) is 6.59. The van der Waals surface area contributed by atoms with Gasteiger partial charge >= 0.3 is 0 Å². The van der Waals surface area contributed by atoms with Crippen LogP contribution < -0.4 is 0 Å². The number of hydrogen-bond donors (Lipinski definition) is 0. The van der Waals surface area contributed by atoms with Gasteiger partial charge in [-0.25, -0.2) is 29.9 Å². The van der Waals surface area contributed by atoms with Crippen molar-refractivity contribution in [1.82, 2.24) is 29.9 Å². The lowest BCUT2D eigenvalue weighted by atomic mass is 10.00. The SMILES string of the molecule is N#Cc1ccccc1-c1nc(-c2ccccc2)nc(-c2cccc(-c3cccc(-c4nc(-c5ccccc5)nc(-c5ccc(-c6ccccc6)cc5)n4)c3)c2)n1. The summed E-state index contributed by atoms with van der Waals surface area (Å²) in [7, 11) is 0. The predicted molar refractivity (Wildman–Crippen MR) is 221 cm³/mol. The van der Waals surface area contributed by atoms with Gasteiger partial charge in [0.2, 0.25) is 0 Å². The summed E-state index contributed by atoms with van der Waals surface area (Å²) < 4.78 is 0. The van der Waals surface area contributed by atoms with Crippen molar-refractivity contribution < 1.29 is 0 Å². The third-order valence-corrected chi connectivity index (χ3v) is 9.45. The second-order valence-corrected chi connectivity index (χ2v) is 13.1. The van der Waals surface area contributed by atoms with Crippen molar-refractivity contribution in [2.24, 2.45) is 0 Å². The van der Waals surface area contributed by atoms with E-state index in [0.717, 1.165) is 50.1 Å². The van der Waals surface area contributed by atoms with Crippen molar-refractivity contribution in [3.8, 4) is 96.7 Å². The number of nitriles is 1. The predicted octanol–water partition coefficient (Wildman–Crippen LogP) is 11.3. The Bertz CT molecular complexity index is 2850. The van der Waals surface area contributed by atoms with E-state index in [4.69, 9.17) is 29.9 Å². The van der Waals surface area contributed by atoms with E-state index in [9.17, 15) is 5.26 Å². The lowest BCUT2D eigenvalue weighted by Crippen LogP contribution is -2.01. The van der Waals surface area contributed by atoms with E-state index < -0.39 is 0 Å². The molecule has 0 bridgehead atoms. The fraction of sp³-hybridized carbons (Fsp3) is 0. The average molecular weight is 718 g/mol. The maximum atomic E-state index is 9.88. The number of nitrogens with zero attached hydrogens (tertiary/aromatic N) is 7. The molecule has 0 saturated heterocycles. The van der Waals surface area contributed by atoms with Crippen molar-refractivity contribution in [2.75, 3.05) is 0 Å². The van der Waals surface area contributed by atoms with E-state index >= 15 is 0 Å². The van der Waals surface area contributed by atoms with E-state index in [1.807, 2.05) is 121 Å². The molecule has 7 heteroatoms. The highest BCUT2D eigenvalue weighted by Crippen LogP contribution is 2.32.